The summed E-state index contributed by atoms with van der Waals surface area (Å²) in [7, 11) is 1.44. The van der Waals surface area contributed by atoms with E-state index in [1.54, 1.807) is 24.3 Å². The number of aryl methyl sites for hydroxylation is 1. The van der Waals surface area contributed by atoms with Crippen LogP contribution in [0.3, 0.4) is 0 Å². The fourth-order valence-corrected chi connectivity index (χ4v) is 1.64. The summed E-state index contributed by atoms with van der Waals surface area (Å²) in [6.45, 7) is 0. The first-order valence-electron chi connectivity index (χ1n) is 4.85. The van der Waals surface area contributed by atoms with Crippen LogP contribution in [0.1, 0.15) is 5.69 Å². The van der Waals surface area contributed by atoms with Crippen molar-refractivity contribution in [3.63, 3.8) is 0 Å². The largest absolute Gasteiger partial charge is 0.435 e. The predicted octanol–water partition coefficient (Wildman–Crippen LogP) is 2.69. The Bertz CT molecular complexity index is 543. The van der Waals surface area contributed by atoms with E-state index < -0.39 is 11.9 Å². The lowest BCUT2D eigenvalue weighted by Gasteiger charge is -2.07. The molecule has 1 aromatic carbocycles. The van der Waals surface area contributed by atoms with Crippen LogP contribution in [-0.2, 0) is 13.2 Å². The van der Waals surface area contributed by atoms with Crippen LogP contribution in [0.5, 0.6) is 0 Å². The molecule has 1 heterocycles. The lowest BCUT2D eigenvalue weighted by molar-refractivity contribution is -0.140. The number of alkyl halides is 3. The summed E-state index contributed by atoms with van der Waals surface area (Å²) >= 11 is 0. The van der Waals surface area contributed by atoms with Crippen molar-refractivity contribution in [3.05, 3.63) is 36.2 Å². The summed E-state index contributed by atoms with van der Waals surface area (Å²) in [5.41, 5.74) is 5.39. The molecular weight excluding hydrogens is 231 g/mol. The number of aromatic nitrogens is 2. The molecule has 2 rings (SSSR count). The zero-order chi connectivity index (χ0) is 12.6. The molecule has 90 valence electrons. The molecule has 0 saturated carbocycles. The molecule has 2 N–H and O–H groups in total. The highest BCUT2D eigenvalue weighted by molar-refractivity contribution is 5.77. The number of hydrogen-bond donors (Lipinski definition) is 1. The molecule has 2 aromatic rings. The highest BCUT2D eigenvalue weighted by Gasteiger charge is 2.37. The zero-order valence-electron chi connectivity index (χ0n) is 8.99. The first-order valence-corrected chi connectivity index (χ1v) is 4.85. The van der Waals surface area contributed by atoms with E-state index in [0.29, 0.717) is 11.3 Å². The van der Waals surface area contributed by atoms with E-state index in [1.165, 1.54) is 13.2 Å². The Labute approximate surface area is 95.7 Å². The Balaban J connectivity index is 2.64. The minimum atomic E-state index is -4.49. The van der Waals surface area contributed by atoms with Crippen LogP contribution >= 0.6 is 0 Å². The summed E-state index contributed by atoms with van der Waals surface area (Å²) in [5.74, 6) is 0. The van der Waals surface area contributed by atoms with Gasteiger partial charge in [0, 0.05) is 30.1 Å². The topological polar surface area (TPSA) is 43.8 Å². The van der Waals surface area contributed by atoms with Crippen molar-refractivity contribution >= 4 is 5.69 Å². The van der Waals surface area contributed by atoms with Crippen LogP contribution in [0.15, 0.2) is 30.5 Å². The lowest BCUT2D eigenvalue weighted by Crippen LogP contribution is -2.08. The number of halogens is 3. The van der Waals surface area contributed by atoms with Gasteiger partial charge in [-0.1, -0.05) is 18.2 Å². The third-order valence-electron chi connectivity index (χ3n) is 2.35. The van der Waals surface area contributed by atoms with Crippen molar-refractivity contribution in [2.24, 2.45) is 7.05 Å². The molecule has 0 aliphatic carbocycles. The first kappa shape index (κ1) is 11.5. The van der Waals surface area contributed by atoms with Gasteiger partial charge >= 0.3 is 6.18 Å². The molecule has 0 radical (unpaired) electrons. The van der Waals surface area contributed by atoms with Gasteiger partial charge in [-0.3, -0.25) is 4.68 Å². The molecule has 0 atom stereocenters. The van der Waals surface area contributed by atoms with Crippen molar-refractivity contribution < 1.29 is 13.2 Å². The molecule has 1 aromatic heterocycles. The maximum absolute atomic E-state index is 12.8. The fraction of sp³-hybridized carbons (Fsp3) is 0.182. The highest BCUT2D eigenvalue weighted by atomic mass is 19.4. The number of para-hydroxylation sites is 1. The number of nitrogens with zero attached hydrogens (tertiary/aromatic N) is 2. The second-order valence-electron chi connectivity index (χ2n) is 3.65. The molecule has 0 bridgehead atoms. The summed E-state index contributed by atoms with van der Waals surface area (Å²) in [6.07, 6.45) is -3.17. The Morgan fingerprint density at radius 3 is 2.41 bits per heavy atom. The van der Waals surface area contributed by atoms with Crippen LogP contribution in [0, 0.1) is 0 Å². The van der Waals surface area contributed by atoms with Gasteiger partial charge in [0.1, 0.15) is 0 Å². The van der Waals surface area contributed by atoms with Gasteiger partial charge in [0.05, 0.1) is 0 Å². The lowest BCUT2D eigenvalue weighted by atomic mass is 10.0. The van der Waals surface area contributed by atoms with Gasteiger partial charge in [-0.2, -0.15) is 18.3 Å². The smallest absolute Gasteiger partial charge is 0.398 e. The molecule has 3 nitrogen and oxygen atoms in total. The summed E-state index contributed by atoms with van der Waals surface area (Å²) in [6, 6.07) is 6.41. The Hall–Kier alpha value is -1.98. The van der Waals surface area contributed by atoms with E-state index >= 15 is 0 Å². The maximum atomic E-state index is 12.8. The number of rotatable bonds is 1. The summed E-state index contributed by atoms with van der Waals surface area (Å²) < 4.78 is 39.4. The third kappa shape index (κ3) is 2.11. The number of nitrogen functional groups attached to an aromatic ring is 1. The van der Waals surface area contributed by atoms with E-state index in [9.17, 15) is 13.2 Å². The molecular formula is C11H10F3N3. The quantitative estimate of drug-likeness (QED) is 0.780. The maximum Gasteiger partial charge on any atom is 0.435 e. The third-order valence-corrected chi connectivity index (χ3v) is 2.35. The van der Waals surface area contributed by atoms with Crippen molar-refractivity contribution in [3.8, 4) is 11.1 Å². The Morgan fingerprint density at radius 2 is 1.82 bits per heavy atom. The number of anilines is 1. The second-order valence-corrected chi connectivity index (χ2v) is 3.65. The molecule has 0 spiro atoms. The highest BCUT2D eigenvalue weighted by Crippen LogP contribution is 2.37. The normalized spacial score (nSPS) is 11.8. The van der Waals surface area contributed by atoms with Crippen molar-refractivity contribution in [1.82, 2.24) is 9.78 Å². The first-order chi connectivity index (χ1) is 7.89. The predicted molar refractivity (Wildman–Crippen MR) is 58.1 cm³/mol. The van der Waals surface area contributed by atoms with E-state index in [2.05, 4.69) is 5.10 Å². The Morgan fingerprint density at radius 1 is 1.18 bits per heavy atom. The van der Waals surface area contributed by atoms with Gasteiger partial charge in [0.15, 0.2) is 5.69 Å². The minimum absolute atomic E-state index is 0.00176. The molecule has 0 saturated heterocycles. The average molecular weight is 241 g/mol. The fourth-order valence-electron chi connectivity index (χ4n) is 1.64. The molecule has 0 unspecified atom stereocenters. The minimum Gasteiger partial charge on any atom is -0.398 e. The summed E-state index contributed by atoms with van der Waals surface area (Å²) in [4.78, 5) is 0. The second kappa shape index (κ2) is 3.80. The van der Waals surface area contributed by atoms with E-state index in [1.807, 2.05) is 0 Å². The molecule has 0 aliphatic rings. The van der Waals surface area contributed by atoms with Crippen molar-refractivity contribution in [2.45, 2.75) is 6.18 Å². The van der Waals surface area contributed by atoms with Gasteiger partial charge in [0.2, 0.25) is 0 Å². The van der Waals surface area contributed by atoms with Crippen molar-refractivity contribution in [1.29, 1.82) is 0 Å². The average Bonchev–Trinajstić information content (AvgIpc) is 2.60. The molecule has 17 heavy (non-hydrogen) atoms. The van der Waals surface area contributed by atoms with Crippen LogP contribution in [0.25, 0.3) is 11.1 Å². The van der Waals surface area contributed by atoms with Gasteiger partial charge in [0.25, 0.3) is 0 Å². The van der Waals surface area contributed by atoms with Crippen LogP contribution in [-0.4, -0.2) is 9.78 Å². The Kier molecular flexibility index (Phi) is 2.57. The molecule has 0 fully saturated rings. The van der Waals surface area contributed by atoms with Crippen LogP contribution < -0.4 is 5.73 Å². The van der Waals surface area contributed by atoms with E-state index in [0.717, 1.165) is 4.68 Å². The summed E-state index contributed by atoms with van der Waals surface area (Å²) in [5, 5.41) is 3.44. The number of benzene rings is 1. The van der Waals surface area contributed by atoms with Crippen LogP contribution in [0.4, 0.5) is 18.9 Å². The van der Waals surface area contributed by atoms with Gasteiger partial charge in [-0.25, -0.2) is 0 Å². The van der Waals surface area contributed by atoms with Gasteiger partial charge in [-0.05, 0) is 6.07 Å². The monoisotopic (exact) mass is 241 g/mol. The van der Waals surface area contributed by atoms with Gasteiger partial charge < -0.3 is 5.73 Å². The molecule has 0 amide bonds. The number of nitrogens with two attached hydrogens (primary N) is 1. The zero-order valence-corrected chi connectivity index (χ0v) is 8.99. The SMILES string of the molecule is Cn1cc(-c2ccccc2N)c(C(F)(F)F)n1. The van der Waals surface area contributed by atoms with E-state index in [4.69, 9.17) is 5.73 Å². The molecule has 6 heteroatoms. The van der Waals surface area contributed by atoms with Crippen LogP contribution in [0.2, 0.25) is 0 Å². The number of hydrogen-bond acceptors (Lipinski definition) is 2. The van der Waals surface area contributed by atoms with Crippen molar-refractivity contribution in [2.75, 3.05) is 5.73 Å². The standard InChI is InChI=1S/C11H10F3N3/c1-17-6-8(10(16-17)11(12,13)14)7-4-2-3-5-9(7)15/h2-6H,15H2,1H3. The molecule has 0 aliphatic heterocycles. The van der Waals surface area contributed by atoms with Gasteiger partial charge in [-0.15, -0.1) is 0 Å². The van der Waals surface area contributed by atoms with E-state index in [-0.39, 0.29) is 5.56 Å².